The van der Waals surface area contributed by atoms with Crippen LogP contribution in [-0.4, -0.2) is 61.1 Å². The highest BCUT2D eigenvalue weighted by Gasteiger charge is 2.50. The summed E-state index contributed by atoms with van der Waals surface area (Å²) in [5.74, 6) is -0.264. The van der Waals surface area contributed by atoms with Crippen molar-refractivity contribution in [3.63, 3.8) is 0 Å². The molecule has 0 aliphatic carbocycles. The molecule has 10 nitrogen and oxygen atoms in total. The number of carbonyl (C=O) groups is 4. The third-order valence-electron chi connectivity index (χ3n) is 7.03. The van der Waals surface area contributed by atoms with Gasteiger partial charge in [-0.15, -0.1) is 0 Å². The molecule has 2 aromatic rings. The average molecular weight is 581 g/mol. The van der Waals surface area contributed by atoms with Crippen molar-refractivity contribution in [3.8, 4) is 5.75 Å². The standard InChI is InChI=1S/C32H44N4O6/c1-20(2)16-25(28(37)32(5)19-42-32)34-30(39)27(18-22-10-8-7-9-11-22)35-29(38)26(17-21(3)4)36-31(40)33-23-12-14-24(41-6)15-13-23/h7-15,20-21,25-27H,16-19H2,1-6H3,(H,34,39)(H,35,38)(H2,33,36,40)/t25?,26?,27-,32?/m0/s1. The lowest BCUT2D eigenvalue weighted by Gasteiger charge is -2.27. The molecule has 0 saturated carbocycles. The van der Waals surface area contributed by atoms with E-state index in [4.69, 9.17) is 9.47 Å². The van der Waals surface area contributed by atoms with Crippen LogP contribution >= 0.6 is 0 Å². The molecule has 10 heteroatoms. The van der Waals surface area contributed by atoms with Crippen LogP contribution in [0.2, 0.25) is 0 Å². The number of ketones is 1. The zero-order valence-corrected chi connectivity index (χ0v) is 25.4. The molecule has 3 rings (SSSR count). The van der Waals surface area contributed by atoms with Gasteiger partial charge < -0.3 is 30.7 Å². The van der Waals surface area contributed by atoms with E-state index in [0.29, 0.717) is 30.9 Å². The molecule has 1 fully saturated rings. The molecule has 0 bridgehead atoms. The van der Waals surface area contributed by atoms with Gasteiger partial charge in [0, 0.05) is 12.1 Å². The van der Waals surface area contributed by atoms with Gasteiger partial charge in [0.05, 0.1) is 19.8 Å². The molecule has 2 aromatic carbocycles. The van der Waals surface area contributed by atoms with Gasteiger partial charge in [0.1, 0.15) is 23.4 Å². The molecule has 228 valence electrons. The number of epoxide rings is 1. The summed E-state index contributed by atoms with van der Waals surface area (Å²) in [6, 6.07) is 13.0. The SMILES string of the molecule is COc1ccc(NC(=O)NC(CC(C)C)C(=O)N[C@@H](Cc2ccccc2)C(=O)NC(CC(C)C)C(=O)C2(C)CO2)cc1. The average Bonchev–Trinajstić information content (AvgIpc) is 3.70. The molecular weight excluding hydrogens is 536 g/mol. The normalized spacial score (nSPS) is 18.0. The third kappa shape index (κ3) is 9.87. The first-order valence-electron chi connectivity index (χ1n) is 14.4. The van der Waals surface area contributed by atoms with Gasteiger partial charge in [-0.2, -0.15) is 0 Å². The van der Waals surface area contributed by atoms with Gasteiger partial charge in [0.25, 0.3) is 0 Å². The lowest BCUT2D eigenvalue weighted by atomic mass is 9.93. The Balaban J connectivity index is 1.76. The van der Waals surface area contributed by atoms with Gasteiger partial charge in [0.15, 0.2) is 5.78 Å². The molecule has 0 radical (unpaired) electrons. The minimum absolute atomic E-state index is 0.0794. The summed E-state index contributed by atoms with van der Waals surface area (Å²) in [6.45, 7) is 9.88. The van der Waals surface area contributed by atoms with Crippen LogP contribution in [0.25, 0.3) is 0 Å². The summed E-state index contributed by atoms with van der Waals surface area (Å²) >= 11 is 0. The summed E-state index contributed by atoms with van der Waals surface area (Å²) in [7, 11) is 1.56. The zero-order valence-electron chi connectivity index (χ0n) is 25.4. The van der Waals surface area contributed by atoms with E-state index in [9.17, 15) is 19.2 Å². The number of hydrogen-bond donors (Lipinski definition) is 4. The van der Waals surface area contributed by atoms with Gasteiger partial charge in [-0.05, 0) is 61.4 Å². The molecule has 1 aliphatic heterocycles. The highest BCUT2D eigenvalue weighted by atomic mass is 16.6. The maximum atomic E-state index is 13.7. The van der Waals surface area contributed by atoms with Crippen LogP contribution in [0.3, 0.4) is 0 Å². The highest BCUT2D eigenvalue weighted by molar-refractivity contribution is 5.99. The summed E-state index contributed by atoms with van der Waals surface area (Å²) in [6.07, 6.45) is 1.01. The van der Waals surface area contributed by atoms with Gasteiger partial charge >= 0.3 is 6.03 Å². The number of urea groups is 1. The van der Waals surface area contributed by atoms with Crippen molar-refractivity contribution in [2.75, 3.05) is 19.0 Å². The smallest absolute Gasteiger partial charge is 0.319 e. The molecule has 1 aliphatic rings. The fraction of sp³-hybridized carbons (Fsp3) is 0.500. The fourth-order valence-corrected chi connectivity index (χ4v) is 4.63. The van der Waals surface area contributed by atoms with Crippen molar-refractivity contribution in [2.45, 2.75) is 77.6 Å². The Morgan fingerprint density at radius 1 is 0.810 bits per heavy atom. The van der Waals surface area contributed by atoms with Crippen molar-refractivity contribution in [3.05, 3.63) is 60.2 Å². The van der Waals surface area contributed by atoms with Crippen LogP contribution in [-0.2, 0) is 25.5 Å². The molecule has 3 unspecified atom stereocenters. The van der Waals surface area contributed by atoms with Crippen molar-refractivity contribution >= 4 is 29.3 Å². The van der Waals surface area contributed by atoms with E-state index in [2.05, 4.69) is 21.3 Å². The molecule has 1 heterocycles. The molecule has 4 atom stereocenters. The third-order valence-corrected chi connectivity index (χ3v) is 7.03. The second-order valence-corrected chi connectivity index (χ2v) is 11.8. The van der Waals surface area contributed by atoms with E-state index < -0.39 is 41.6 Å². The largest absolute Gasteiger partial charge is 0.497 e. The van der Waals surface area contributed by atoms with E-state index in [1.165, 1.54) is 0 Å². The number of anilines is 1. The molecule has 1 saturated heterocycles. The lowest BCUT2D eigenvalue weighted by molar-refractivity contribution is -0.133. The number of hydrogen-bond acceptors (Lipinski definition) is 6. The maximum Gasteiger partial charge on any atom is 0.319 e. The van der Waals surface area contributed by atoms with E-state index in [1.807, 2.05) is 58.0 Å². The van der Waals surface area contributed by atoms with Crippen LogP contribution < -0.4 is 26.0 Å². The van der Waals surface area contributed by atoms with Crippen molar-refractivity contribution in [1.82, 2.24) is 16.0 Å². The number of ether oxygens (including phenoxy) is 2. The number of benzene rings is 2. The number of rotatable bonds is 15. The number of nitrogens with one attached hydrogen (secondary N) is 4. The number of methoxy groups -OCH3 is 1. The first-order valence-corrected chi connectivity index (χ1v) is 14.4. The first kappa shape index (κ1) is 32.6. The highest BCUT2D eigenvalue weighted by Crippen LogP contribution is 2.29. The molecule has 0 spiro atoms. The Morgan fingerprint density at radius 2 is 1.36 bits per heavy atom. The second-order valence-electron chi connectivity index (χ2n) is 11.8. The Kier molecular flexibility index (Phi) is 11.5. The Morgan fingerprint density at radius 3 is 1.90 bits per heavy atom. The molecule has 42 heavy (non-hydrogen) atoms. The van der Waals surface area contributed by atoms with Gasteiger partial charge in [0.2, 0.25) is 11.8 Å². The maximum absolute atomic E-state index is 13.7. The number of carbonyl (C=O) groups excluding carboxylic acids is 4. The lowest BCUT2D eigenvalue weighted by Crippen LogP contribution is -2.57. The number of Topliss-reactive ketones (excluding diaryl/α,β-unsaturated/α-hetero) is 1. The van der Waals surface area contributed by atoms with E-state index in [-0.39, 0.29) is 24.0 Å². The number of amides is 4. The first-order chi connectivity index (χ1) is 19.9. The minimum Gasteiger partial charge on any atom is -0.497 e. The van der Waals surface area contributed by atoms with Gasteiger partial charge in [-0.3, -0.25) is 14.4 Å². The second kappa shape index (κ2) is 14.8. The predicted molar refractivity (Wildman–Crippen MR) is 161 cm³/mol. The summed E-state index contributed by atoms with van der Waals surface area (Å²) in [4.78, 5) is 53.2. The Bertz CT molecular complexity index is 1210. The van der Waals surface area contributed by atoms with Gasteiger partial charge in [-0.25, -0.2) is 4.79 Å². The van der Waals surface area contributed by atoms with Crippen molar-refractivity contribution in [2.24, 2.45) is 11.8 Å². The molecular formula is C32H44N4O6. The molecule has 4 amide bonds. The summed E-state index contributed by atoms with van der Waals surface area (Å²) < 4.78 is 10.5. The minimum atomic E-state index is -0.976. The quantitative estimate of drug-likeness (QED) is 0.236. The Labute approximate surface area is 248 Å². The van der Waals surface area contributed by atoms with E-state index in [0.717, 1.165) is 5.56 Å². The van der Waals surface area contributed by atoms with Crippen LogP contribution in [0.15, 0.2) is 54.6 Å². The topological polar surface area (TPSA) is 138 Å². The molecule has 0 aromatic heterocycles. The monoisotopic (exact) mass is 580 g/mol. The van der Waals surface area contributed by atoms with Crippen LogP contribution in [0.5, 0.6) is 5.75 Å². The van der Waals surface area contributed by atoms with E-state index >= 15 is 0 Å². The fourth-order valence-electron chi connectivity index (χ4n) is 4.63. The zero-order chi connectivity index (χ0) is 30.9. The van der Waals surface area contributed by atoms with Crippen LogP contribution in [0.1, 0.15) is 53.0 Å². The summed E-state index contributed by atoms with van der Waals surface area (Å²) in [5.41, 5.74) is 0.481. The predicted octanol–water partition coefficient (Wildman–Crippen LogP) is 3.85. The van der Waals surface area contributed by atoms with Crippen molar-refractivity contribution in [1.29, 1.82) is 0 Å². The van der Waals surface area contributed by atoms with Crippen molar-refractivity contribution < 1.29 is 28.7 Å². The van der Waals surface area contributed by atoms with Crippen LogP contribution in [0, 0.1) is 11.8 Å². The molecule has 4 N–H and O–H groups in total. The Hall–Kier alpha value is -3.92. The van der Waals surface area contributed by atoms with Crippen LogP contribution in [0.4, 0.5) is 10.5 Å². The van der Waals surface area contributed by atoms with Gasteiger partial charge in [-0.1, -0.05) is 58.0 Å². The van der Waals surface area contributed by atoms with E-state index in [1.54, 1.807) is 38.3 Å². The summed E-state index contributed by atoms with van der Waals surface area (Å²) in [5, 5.41) is 11.2.